The van der Waals surface area contributed by atoms with Gasteiger partial charge in [0.25, 0.3) is 5.91 Å². The Hall–Kier alpha value is -3.16. The highest BCUT2D eigenvalue weighted by molar-refractivity contribution is 5.96. The third-order valence-corrected chi connectivity index (χ3v) is 4.62. The Bertz CT molecular complexity index is 928. The van der Waals surface area contributed by atoms with E-state index in [0.29, 0.717) is 17.8 Å². The zero-order valence-corrected chi connectivity index (χ0v) is 14.4. The first kappa shape index (κ1) is 16.3. The Morgan fingerprint density at radius 2 is 2.23 bits per heavy atom. The zero-order chi connectivity index (χ0) is 18.1. The molecule has 0 bridgehead atoms. The van der Waals surface area contributed by atoms with E-state index in [2.05, 4.69) is 15.4 Å². The maximum Gasteiger partial charge on any atom is 0.360 e. The van der Waals surface area contributed by atoms with Crippen LogP contribution in [0.5, 0.6) is 0 Å². The van der Waals surface area contributed by atoms with Crippen molar-refractivity contribution in [1.82, 2.24) is 24.7 Å². The number of carbonyl (C=O) groups excluding carboxylic acids is 2. The first-order chi connectivity index (χ1) is 12.7. The van der Waals surface area contributed by atoms with Gasteiger partial charge in [0.2, 0.25) is 0 Å². The molecule has 3 aromatic heterocycles. The van der Waals surface area contributed by atoms with Crippen LogP contribution in [0.15, 0.2) is 36.7 Å². The number of likely N-dealkylation sites (tertiary alicyclic amines) is 1. The normalized spacial score (nSPS) is 17.0. The number of esters is 1. The molecule has 1 fully saturated rings. The molecule has 26 heavy (non-hydrogen) atoms. The number of fused-ring (bicyclic) bond motifs is 1. The van der Waals surface area contributed by atoms with Crippen LogP contribution in [0.3, 0.4) is 0 Å². The third kappa shape index (κ3) is 2.73. The van der Waals surface area contributed by atoms with Gasteiger partial charge in [-0.2, -0.15) is 10.3 Å². The number of aromatic nitrogens is 4. The lowest BCUT2D eigenvalue weighted by Crippen LogP contribution is -2.31. The van der Waals surface area contributed by atoms with Crippen LogP contribution in [-0.4, -0.2) is 49.7 Å². The van der Waals surface area contributed by atoms with Gasteiger partial charge in [0.1, 0.15) is 5.69 Å². The van der Waals surface area contributed by atoms with E-state index in [0.717, 1.165) is 18.4 Å². The van der Waals surface area contributed by atoms with E-state index in [1.54, 1.807) is 11.8 Å². The number of rotatable bonds is 4. The predicted molar refractivity (Wildman–Crippen MR) is 92.7 cm³/mol. The smallest absolute Gasteiger partial charge is 0.360 e. The molecule has 4 heterocycles. The first-order valence-corrected chi connectivity index (χ1v) is 8.64. The van der Waals surface area contributed by atoms with Gasteiger partial charge in [-0.15, -0.1) is 5.10 Å². The Morgan fingerprint density at radius 1 is 1.35 bits per heavy atom. The Labute approximate surface area is 149 Å². The highest BCUT2D eigenvalue weighted by Crippen LogP contribution is 2.33. The number of aromatic amines is 1. The Kier molecular flexibility index (Phi) is 4.16. The van der Waals surface area contributed by atoms with Crippen molar-refractivity contribution in [2.45, 2.75) is 25.8 Å². The van der Waals surface area contributed by atoms with Crippen molar-refractivity contribution >= 4 is 17.4 Å². The van der Waals surface area contributed by atoms with E-state index in [4.69, 9.17) is 4.74 Å². The summed E-state index contributed by atoms with van der Waals surface area (Å²) < 4.78 is 6.95. The lowest BCUT2D eigenvalue weighted by atomic mass is 10.1. The molecule has 4 rings (SSSR count). The standard InChI is InChI=1S/C18H19N5O3/c1-2-26-18(25)16-15(19-21-20-16)14-7-5-9-23(14)17(24)12-10-13-6-3-4-8-22(13)11-12/h3-4,6,8,10-11,14H,2,5,7,9H2,1H3,(H,19,20,21). The summed E-state index contributed by atoms with van der Waals surface area (Å²) >= 11 is 0. The number of nitrogens with one attached hydrogen (secondary N) is 1. The van der Waals surface area contributed by atoms with E-state index in [1.165, 1.54) is 0 Å². The summed E-state index contributed by atoms with van der Waals surface area (Å²) in [4.78, 5) is 26.9. The van der Waals surface area contributed by atoms with Crippen molar-refractivity contribution in [2.75, 3.05) is 13.2 Å². The van der Waals surface area contributed by atoms with Crippen LogP contribution in [0, 0.1) is 0 Å². The van der Waals surface area contributed by atoms with Crippen molar-refractivity contribution in [3.8, 4) is 0 Å². The van der Waals surface area contributed by atoms with Crippen molar-refractivity contribution in [2.24, 2.45) is 0 Å². The Morgan fingerprint density at radius 3 is 3.04 bits per heavy atom. The molecular formula is C18H19N5O3. The van der Waals surface area contributed by atoms with E-state index < -0.39 is 5.97 Å². The fourth-order valence-electron chi connectivity index (χ4n) is 3.45. The number of carbonyl (C=O) groups is 2. The average Bonchev–Trinajstić information content (AvgIpc) is 3.38. The third-order valence-electron chi connectivity index (χ3n) is 4.62. The van der Waals surface area contributed by atoms with Crippen LogP contribution in [0.25, 0.3) is 5.52 Å². The van der Waals surface area contributed by atoms with Gasteiger partial charge in [0.15, 0.2) is 5.69 Å². The molecule has 0 aromatic carbocycles. The van der Waals surface area contributed by atoms with Gasteiger partial charge in [-0.1, -0.05) is 6.07 Å². The lowest BCUT2D eigenvalue weighted by Gasteiger charge is -2.23. The summed E-state index contributed by atoms with van der Waals surface area (Å²) in [6.07, 6.45) is 5.31. The van der Waals surface area contributed by atoms with Crippen LogP contribution in [0.1, 0.15) is 52.3 Å². The quantitative estimate of drug-likeness (QED) is 0.726. The van der Waals surface area contributed by atoms with Crippen LogP contribution in [0.4, 0.5) is 0 Å². The number of hydrogen-bond donors (Lipinski definition) is 1. The lowest BCUT2D eigenvalue weighted by molar-refractivity contribution is 0.0512. The fraction of sp³-hybridized carbons (Fsp3) is 0.333. The number of pyridine rings is 1. The maximum absolute atomic E-state index is 13.1. The van der Waals surface area contributed by atoms with Crippen molar-refractivity contribution < 1.29 is 14.3 Å². The Balaban J connectivity index is 1.63. The minimum Gasteiger partial charge on any atom is -0.461 e. The molecule has 8 nitrogen and oxygen atoms in total. The molecule has 0 spiro atoms. The minimum absolute atomic E-state index is 0.0750. The van der Waals surface area contributed by atoms with Crippen molar-refractivity contribution in [3.05, 3.63) is 53.6 Å². The molecule has 8 heteroatoms. The van der Waals surface area contributed by atoms with E-state index in [1.807, 2.05) is 41.1 Å². The molecule has 1 N–H and O–H groups in total. The van der Waals surface area contributed by atoms with Crippen LogP contribution >= 0.6 is 0 Å². The van der Waals surface area contributed by atoms with Crippen LogP contribution in [0.2, 0.25) is 0 Å². The minimum atomic E-state index is -0.523. The van der Waals surface area contributed by atoms with Gasteiger partial charge in [-0.25, -0.2) is 4.79 Å². The summed E-state index contributed by atoms with van der Waals surface area (Å²) in [6, 6.07) is 7.38. The number of ether oxygens (including phenoxy) is 1. The summed E-state index contributed by atoms with van der Waals surface area (Å²) in [7, 11) is 0. The summed E-state index contributed by atoms with van der Waals surface area (Å²) in [5, 5.41) is 10.6. The molecule has 0 radical (unpaired) electrons. The maximum atomic E-state index is 13.1. The molecule has 3 aromatic rings. The van der Waals surface area contributed by atoms with Crippen molar-refractivity contribution in [1.29, 1.82) is 0 Å². The molecule has 134 valence electrons. The monoisotopic (exact) mass is 353 g/mol. The highest BCUT2D eigenvalue weighted by atomic mass is 16.5. The second kappa shape index (κ2) is 6.62. The van der Waals surface area contributed by atoms with Gasteiger partial charge in [-0.05, 0) is 38.0 Å². The molecule has 1 unspecified atom stereocenters. The van der Waals surface area contributed by atoms with Gasteiger partial charge < -0.3 is 14.0 Å². The highest BCUT2D eigenvalue weighted by Gasteiger charge is 2.36. The molecule has 1 aliphatic heterocycles. The van der Waals surface area contributed by atoms with Gasteiger partial charge in [-0.3, -0.25) is 4.79 Å². The average molecular weight is 353 g/mol. The molecule has 1 aliphatic rings. The van der Waals surface area contributed by atoms with Gasteiger partial charge in [0, 0.05) is 24.5 Å². The predicted octanol–water partition coefficient (Wildman–Crippen LogP) is 2.21. The molecule has 1 amide bonds. The molecule has 0 aliphatic carbocycles. The fourth-order valence-corrected chi connectivity index (χ4v) is 3.45. The van der Waals surface area contributed by atoms with E-state index in [9.17, 15) is 9.59 Å². The van der Waals surface area contributed by atoms with Gasteiger partial charge >= 0.3 is 5.97 Å². The van der Waals surface area contributed by atoms with Crippen molar-refractivity contribution in [3.63, 3.8) is 0 Å². The second-order valence-corrected chi connectivity index (χ2v) is 6.20. The SMILES string of the molecule is CCOC(=O)c1n[nH]nc1C1CCCN1C(=O)c1cc2ccccn2c1. The largest absolute Gasteiger partial charge is 0.461 e. The van der Waals surface area contributed by atoms with E-state index >= 15 is 0 Å². The van der Waals surface area contributed by atoms with Gasteiger partial charge in [0.05, 0.1) is 18.2 Å². The zero-order valence-electron chi connectivity index (χ0n) is 14.4. The van der Waals surface area contributed by atoms with E-state index in [-0.39, 0.29) is 24.2 Å². The van der Waals surface area contributed by atoms with Crippen LogP contribution in [-0.2, 0) is 4.74 Å². The number of nitrogens with zero attached hydrogens (tertiary/aromatic N) is 4. The summed E-state index contributed by atoms with van der Waals surface area (Å²) in [6.45, 7) is 2.61. The van der Waals surface area contributed by atoms with Crippen LogP contribution < -0.4 is 0 Å². The first-order valence-electron chi connectivity index (χ1n) is 8.64. The molecular weight excluding hydrogens is 334 g/mol. The topological polar surface area (TPSA) is 92.6 Å². The summed E-state index contributed by atoms with van der Waals surface area (Å²) in [5.41, 5.74) is 2.20. The summed E-state index contributed by atoms with van der Waals surface area (Å²) in [5.74, 6) is -0.598. The number of amides is 1. The molecule has 1 saturated heterocycles. The number of H-pyrrole nitrogens is 1. The second-order valence-electron chi connectivity index (χ2n) is 6.20. The molecule has 0 saturated carbocycles. The molecule has 1 atom stereocenters. The number of hydrogen-bond acceptors (Lipinski definition) is 5.